The summed E-state index contributed by atoms with van der Waals surface area (Å²) in [6.07, 6.45) is 4.25. The Hall–Kier alpha value is -4.44. The minimum Gasteiger partial charge on any atom is -0.497 e. The molecule has 0 aliphatic rings. The maximum Gasteiger partial charge on any atom is 0.252 e. The standard InChI is InChI=1S/C28H28FN7O2/c1-3-26(27-32-33-34-36(27)17-19-6-8-23(29)9-7-19)35(16-20-5-4-12-30-15-20)18-22-13-21-14-24(38-2)10-11-25(21)31-28(22)37/h4-15,26H,3,16-18H2,1-2H3,(H,31,37)/t26-/m1/s1. The van der Waals surface area contributed by atoms with Crippen molar-refractivity contribution in [2.24, 2.45) is 0 Å². The van der Waals surface area contributed by atoms with Crippen LogP contribution in [0.15, 0.2) is 77.9 Å². The highest BCUT2D eigenvalue weighted by Crippen LogP contribution is 2.27. The van der Waals surface area contributed by atoms with E-state index in [-0.39, 0.29) is 17.4 Å². The van der Waals surface area contributed by atoms with Crippen LogP contribution in [-0.2, 0) is 19.6 Å². The summed E-state index contributed by atoms with van der Waals surface area (Å²) in [5.74, 6) is 1.09. The van der Waals surface area contributed by atoms with Gasteiger partial charge in [0.1, 0.15) is 11.6 Å². The average molecular weight is 514 g/mol. The number of pyridine rings is 2. The fourth-order valence-corrected chi connectivity index (χ4v) is 4.63. The highest BCUT2D eigenvalue weighted by Gasteiger charge is 2.26. The summed E-state index contributed by atoms with van der Waals surface area (Å²) in [7, 11) is 1.62. The summed E-state index contributed by atoms with van der Waals surface area (Å²) >= 11 is 0. The van der Waals surface area contributed by atoms with Crippen molar-refractivity contribution in [2.45, 2.75) is 39.0 Å². The number of nitrogens with zero attached hydrogens (tertiary/aromatic N) is 6. The van der Waals surface area contributed by atoms with E-state index in [1.54, 1.807) is 30.1 Å². The number of methoxy groups -OCH3 is 1. The van der Waals surface area contributed by atoms with Gasteiger partial charge in [-0.25, -0.2) is 9.07 Å². The highest BCUT2D eigenvalue weighted by atomic mass is 19.1. The lowest BCUT2D eigenvalue weighted by Gasteiger charge is -2.30. The number of halogens is 1. The number of tetrazole rings is 1. The number of hydrogen-bond donors (Lipinski definition) is 1. The van der Waals surface area contributed by atoms with Gasteiger partial charge in [0.05, 0.1) is 19.7 Å². The van der Waals surface area contributed by atoms with Crippen LogP contribution in [-0.4, -0.2) is 42.2 Å². The summed E-state index contributed by atoms with van der Waals surface area (Å²) in [6.45, 7) is 3.36. The van der Waals surface area contributed by atoms with E-state index in [0.29, 0.717) is 43.2 Å². The number of rotatable bonds is 10. The maximum absolute atomic E-state index is 13.4. The molecule has 0 spiro atoms. The van der Waals surface area contributed by atoms with Crippen LogP contribution in [0.25, 0.3) is 10.9 Å². The van der Waals surface area contributed by atoms with Gasteiger partial charge in [-0.15, -0.1) is 5.10 Å². The van der Waals surface area contributed by atoms with E-state index >= 15 is 0 Å². The van der Waals surface area contributed by atoms with Crippen molar-refractivity contribution in [3.63, 3.8) is 0 Å². The van der Waals surface area contributed by atoms with Crippen molar-refractivity contribution in [2.75, 3.05) is 7.11 Å². The first kappa shape index (κ1) is 25.2. The molecule has 2 aromatic carbocycles. The lowest BCUT2D eigenvalue weighted by Crippen LogP contribution is -2.32. The summed E-state index contributed by atoms with van der Waals surface area (Å²) in [6, 6.07) is 17.4. The van der Waals surface area contributed by atoms with E-state index in [1.807, 2.05) is 42.6 Å². The molecule has 5 aromatic rings. The molecule has 194 valence electrons. The SMILES string of the molecule is CC[C@H](c1nnnn1Cc1ccc(F)cc1)N(Cc1cccnc1)Cc1cc2cc(OC)ccc2[nH]c1=O. The monoisotopic (exact) mass is 513 g/mol. The molecule has 0 bridgehead atoms. The Morgan fingerprint density at radius 3 is 2.66 bits per heavy atom. The molecule has 0 radical (unpaired) electrons. The molecule has 5 rings (SSSR count). The molecule has 1 atom stereocenters. The van der Waals surface area contributed by atoms with Gasteiger partial charge in [-0.1, -0.05) is 25.1 Å². The molecule has 38 heavy (non-hydrogen) atoms. The van der Waals surface area contributed by atoms with Crippen LogP contribution in [0.1, 0.15) is 41.9 Å². The molecule has 0 saturated heterocycles. The predicted octanol–water partition coefficient (Wildman–Crippen LogP) is 4.26. The minimum absolute atomic E-state index is 0.153. The Morgan fingerprint density at radius 2 is 1.92 bits per heavy atom. The largest absolute Gasteiger partial charge is 0.497 e. The Kier molecular flexibility index (Phi) is 7.50. The zero-order chi connectivity index (χ0) is 26.5. The first-order valence-electron chi connectivity index (χ1n) is 12.4. The number of nitrogens with one attached hydrogen (secondary N) is 1. The Labute approximate surface area is 218 Å². The number of benzene rings is 2. The Balaban J connectivity index is 1.51. The first-order chi connectivity index (χ1) is 18.5. The van der Waals surface area contributed by atoms with Crippen molar-refractivity contribution in [1.29, 1.82) is 0 Å². The summed E-state index contributed by atoms with van der Waals surface area (Å²) < 4.78 is 20.5. The van der Waals surface area contributed by atoms with Gasteiger partial charge in [0.15, 0.2) is 5.82 Å². The topological polar surface area (TPSA) is 102 Å². The number of ether oxygens (including phenoxy) is 1. The molecule has 9 nitrogen and oxygen atoms in total. The normalized spacial score (nSPS) is 12.2. The zero-order valence-electron chi connectivity index (χ0n) is 21.2. The molecule has 0 saturated carbocycles. The lowest BCUT2D eigenvalue weighted by molar-refractivity contribution is 0.161. The lowest BCUT2D eigenvalue weighted by atomic mass is 10.1. The van der Waals surface area contributed by atoms with Crippen molar-refractivity contribution >= 4 is 10.9 Å². The van der Waals surface area contributed by atoms with Crippen LogP contribution in [0.4, 0.5) is 4.39 Å². The molecular weight excluding hydrogens is 485 g/mol. The first-order valence-corrected chi connectivity index (χ1v) is 12.4. The molecule has 0 fully saturated rings. The van der Waals surface area contributed by atoms with E-state index < -0.39 is 0 Å². The number of aromatic nitrogens is 6. The van der Waals surface area contributed by atoms with Crippen molar-refractivity contribution in [3.8, 4) is 5.75 Å². The van der Waals surface area contributed by atoms with Crippen LogP contribution < -0.4 is 10.3 Å². The van der Waals surface area contributed by atoms with Gasteiger partial charge < -0.3 is 9.72 Å². The summed E-state index contributed by atoms with van der Waals surface area (Å²) in [4.78, 5) is 22.5. The number of aromatic amines is 1. The minimum atomic E-state index is -0.294. The average Bonchev–Trinajstić information content (AvgIpc) is 3.38. The quantitative estimate of drug-likeness (QED) is 0.298. The van der Waals surface area contributed by atoms with Gasteiger partial charge >= 0.3 is 0 Å². The van der Waals surface area contributed by atoms with E-state index in [9.17, 15) is 9.18 Å². The third-order valence-electron chi connectivity index (χ3n) is 6.54. The third-order valence-corrected chi connectivity index (χ3v) is 6.54. The van der Waals surface area contributed by atoms with E-state index in [0.717, 1.165) is 22.0 Å². The van der Waals surface area contributed by atoms with E-state index in [1.165, 1.54) is 12.1 Å². The molecule has 3 heterocycles. The van der Waals surface area contributed by atoms with Crippen LogP contribution in [0, 0.1) is 5.82 Å². The van der Waals surface area contributed by atoms with Crippen molar-refractivity contribution in [1.82, 2.24) is 35.1 Å². The van der Waals surface area contributed by atoms with Gasteiger partial charge in [0.2, 0.25) is 0 Å². The summed E-state index contributed by atoms with van der Waals surface area (Å²) in [5.41, 5.74) is 3.09. The second-order valence-electron chi connectivity index (χ2n) is 9.09. The highest BCUT2D eigenvalue weighted by molar-refractivity contribution is 5.80. The van der Waals surface area contributed by atoms with Crippen LogP contribution in [0.5, 0.6) is 5.75 Å². The molecule has 1 N–H and O–H groups in total. The summed E-state index contributed by atoms with van der Waals surface area (Å²) in [5, 5.41) is 13.4. The maximum atomic E-state index is 13.4. The number of hydrogen-bond acceptors (Lipinski definition) is 7. The number of H-pyrrole nitrogens is 1. The Morgan fingerprint density at radius 1 is 1.08 bits per heavy atom. The van der Waals surface area contributed by atoms with Crippen LogP contribution >= 0.6 is 0 Å². The second kappa shape index (κ2) is 11.3. The number of fused-ring (bicyclic) bond motifs is 1. The molecule has 0 amide bonds. The van der Waals surface area contributed by atoms with Crippen LogP contribution in [0.2, 0.25) is 0 Å². The molecule has 3 aromatic heterocycles. The van der Waals surface area contributed by atoms with Crippen LogP contribution in [0.3, 0.4) is 0 Å². The Bertz CT molecular complexity index is 1570. The van der Waals surface area contributed by atoms with Gasteiger partial charge in [-0.05, 0) is 70.4 Å². The molecule has 0 aliphatic carbocycles. The predicted molar refractivity (Wildman–Crippen MR) is 141 cm³/mol. The fraction of sp³-hybridized carbons (Fsp3) is 0.250. The molecule has 0 aliphatic heterocycles. The van der Waals surface area contributed by atoms with Crippen molar-refractivity contribution in [3.05, 3.63) is 112 Å². The van der Waals surface area contributed by atoms with Crippen molar-refractivity contribution < 1.29 is 9.13 Å². The van der Waals surface area contributed by atoms with Gasteiger partial charge in [-0.3, -0.25) is 14.7 Å². The molecule has 0 unspecified atom stereocenters. The molecular formula is C28H28FN7O2. The van der Waals surface area contributed by atoms with Gasteiger partial charge in [-0.2, -0.15) is 0 Å². The van der Waals surface area contributed by atoms with E-state index in [4.69, 9.17) is 4.74 Å². The van der Waals surface area contributed by atoms with E-state index in [2.05, 4.69) is 37.3 Å². The molecule has 10 heteroatoms. The third kappa shape index (κ3) is 5.60. The fourth-order valence-electron chi connectivity index (χ4n) is 4.63. The smallest absolute Gasteiger partial charge is 0.252 e. The second-order valence-corrected chi connectivity index (χ2v) is 9.09. The van der Waals surface area contributed by atoms with Gasteiger partial charge in [0, 0.05) is 41.9 Å². The van der Waals surface area contributed by atoms with Gasteiger partial charge in [0.25, 0.3) is 5.56 Å². The zero-order valence-corrected chi connectivity index (χ0v) is 21.2.